The molecule has 74 valence electrons. The van der Waals surface area contributed by atoms with E-state index in [4.69, 9.17) is 5.26 Å². The first kappa shape index (κ1) is 10.9. The molecule has 1 nitrogen and oxygen atoms in total. The van der Waals surface area contributed by atoms with Crippen molar-refractivity contribution in [1.29, 1.82) is 5.26 Å². The van der Waals surface area contributed by atoms with Gasteiger partial charge in [-0.25, -0.2) is 0 Å². The Labute approximate surface area is 83.5 Å². The first-order valence-electron chi connectivity index (χ1n) is 3.65. The third-order valence-corrected chi connectivity index (χ3v) is 2.43. The molecule has 0 unspecified atom stereocenters. The van der Waals surface area contributed by atoms with Crippen LogP contribution < -0.4 is 0 Å². The van der Waals surface area contributed by atoms with Crippen LogP contribution in [0.1, 0.15) is 11.1 Å². The highest BCUT2D eigenvalue weighted by molar-refractivity contribution is 7.98. The fourth-order valence-corrected chi connectivity index (χ4v) is 1.73. The van der Waals surface area contributed by atoms with Gasteiger partial charge in [-0.05, 0) is 18.4 Å². The smallest absolute Gasteiger partial charge is 0.192 e. The van der Waals surface area contributed by atoms with Gasteiger partial charge in [-0.3, -0.25) is 0 Å². The van der Waals surface area contributed by atoms with E-state index in [1.807, 2.05) is 0 Å². The molecule has 0 bridgehead atoms. The van der Waals surface area contributed by atoms with E-state index in [-0.39, 0.29) is 10.5 Å². The molecule has 0 radical (unpaired) electrons. The predicted octanol–water partition coefficient (Wildman–Crippen LogP) is 3.30. The molecule has 14 heavy (non-hydrogen) atoms. The topological polar surface area (TPSA) is 23.8 Å². The largest absolute Gasteiger partial charge is 0.418 e. The first-order valence-corrected chi connectivity index (χ1v) is 4.87. The van der Waals surface area contributed by atoms with Crippen molar-refractivity contribution in [2.45, 2.75) is 11.1 Å². The standard InChI is InChI=1S/C9H6F3NS/c1-14-7-4-2-3-6(5-13)8(7)9(10,11)12/h2-4H,1H3. The summed E-state index contributed by atoms with van der Waals surface area (Å²) >= 11 is 0.981. The average Bonchev–Trinajstić information content (AvgIpc) is 2.15. The number of rotatable bonds is 1. The molecule has 0 saturated carbocycles. The van der Waals surface area contributed by atoms with Gasteiger partial charge in [-0.15, -0.1) is 11.8 Å². The van der Waals surface area contributed by atoms with Gasteiger partial charge in [0, 0.05) is 4.90 Å². The number of benzene rings is 1. The molecule has 0 fully saturated rings. The lowest BCUT2D eigenvalue weighted by Crippen LogP contribution is -2.09. The fraction of sp³-hybridized carbons (Fsp3) is 0.222. The summed E-state index contributed by atoms with van der Waals surface area (Å²) in [6, 6.07) is 5.51. The van der Waals surface area contributed by atoms with E-state index in [2.05, 4.69) is 0 Å². The fourth-order valence-electron chi connectivity index (χ4n) is 1.09. The van der Waals surface area contributed by atoms with Crippen LogP contribution in [0.2, 0.25) is 0 Å². The number of halogens is 3. The zero-order valence-electron chi connectivity index (χ0n) is 7.22. The minimum Gasteiger partial charge on any atom is -0.192 e. The van der Waals surface area contributed by atoms with Crippen molar-refractivity contribution in [1.82, 2.24) is 0 Å². The summed E-state index contributed by atoms with van der Waals surface area (Å²) in [6.45, 7) is 0. The molecule has 5 heteroatoms. The van der Waals surface area contributed by atoms with Crippen LogP contribution in [-0.4, -0.2) is 6.26 Å². The van der Waals surface area contributed by atoms with Crippen LogP contribution in [0.5, 0.6) is 0 Å². The van der Waals surface area contributed by atoms with Crippen LogP contribution in [-0.2, 0) is 6.18 Å². The van der Waals surface area contributed by atoms with Crippen molar-refractivity contribution in [2.24, 2.45) is 0 Å². The number of alkyl halides is 3. The maximum absolute atomic E-state index is 12.5. The third-order valence-electron chi connectivity index (χ3n) is 1.65. The molecule has 1 rings (SSSR count). The lowest BCUT2D eigenvalue weighted by molar-refractivity contribution is -0.139. The molecule has 0 heterocycles. The van der Waals surface area contributed by atoms with Crippen molar-refractivity contribution in [2.75, 3.05) is 6.26 Å². The minimum atomic E-state index is -4.47. The second-order valence-electron chi connectivity index (χ2n) is 2.49. The predicted molar refractivity (Wildman–Crippen MR) is 47.9 cm³/mol. The van der Waals surface area contributed by atoms with Crippen LogP contribution >= 0.6 is 11.8 Å². The third kappa shape index (κ3) is 2.02. The van der Waals surface area contributed by atoms with Crippen molar-refractivity contribution < 1.29 is 13.2 Å². The maximum atomic E-state index is 12.5. The Morgan fingerprint density at radius 3 is 2.43 bits per heavy atom. The van der Waals surface area contributed by atoms with Crippen molar-refractivity contribution in [3.63, 3.8) is 0 Å². The van der Waals surface area contributed by atoms with Gasteiger partial charge in [0.25, 0.3) is 0 Å². The summed E-state index contributed by atoms with van der Waals surface area (Å²) in [6.07, 6.45) is -2.92. The van der Waals surface area contributed by atoms with Crippen LogP contribution in [0.15, 0.2) is 23.1 Å². The van der Waals surface area contributed by atoms with Gasteiger partial charge in [-0.1, -0.05) is 6.07 Å². The van der Waals surface area contributed by atoms with E-state index in [1.165, 1.54) is 18.2 Å². The molecule has 0 N–H and O–H groups in total. The Morgan fingerprint density at radius 2 is 2.00 bits per heavy atom. The van der Waals surface area contributed by atoms with Gasteiger partial charge in [0.05, 0.1) is 17.2 Å². The lowest BCUT2D eigenvalue weighted by atomic mass is 10.1. The molecule has 0 aliphatic rings. The van der Waals surface area contributed by atoms with E-state index in [0.29, 0.717) is 0 Å². The lowest BCUT2D eigenvalue weighted by Gasteiger charge is -2.12. The molecule has 0 amide bonds. The first-order chi connectivity index (χ1) is 6.50. The summed E-state index contributed by atoms with van der Waals surface area (Å²) in [4.78, 5) is 0.0801. The summed E-state index contributed by atoms with van der Waals surface area (Å²) in [5, 5.41) is 8.54. The molecule has 1 aromatic carbocycles. The van der Waals surface area contributed by atoms with E-state index in [9.17, 15) is 13.2 Å². The number of hydrogen-bond donors (Lipinski definition) is 0. The van der Waals surface area contributed by atoms with Crippen molar-refractivity contribution >= 4 is 11.8 Å². The minimum absolute atomic E-state index is 0.0801. The van der Waals surface area contributed by atoms with E-state index in [1.54, 1.807) is 12.3 Å². The number of nitriles is 1. The van der Waals surface area contributed by atoms with E-state index in [0.717, 1.165) is 11.8 Å². The van der Waals surface area contributed by atoms with Gasteiger partial charge in [0.15, 0.2) is 0 Å². The highest BCUT2D eigenvalue weighted by Gasteiger charge is 2.36. The van der Waals surface area contributed by atoms with Gasteiger partial charge < -0.3 is 0 Å². The number of hydrogen-bond acceptors (Lipinski definition) is 2. The molecular formula is C9H6F3NS. The molecule has 0 atom stereocenters. The second kappa shape index (κ2) is 3.93. The van der Waals surface area contributed by atoms with Crippen LogP contribution in [0.3, 0.4) is 0 Å². The monoisotopic (exact) mass is 217 g/mol. The van der Waals surface area contributed by atoms with Crippen LogP contribution in [0.25, 0.3) is 0 Å². The average molecular weight is 217 g/mol. The Bertz CT molecular complexity index is 379. The van der Waals surface area contributed by atoms with Gasteiger partial charge in [0.1, 0.15) is 0 Å². The van der Waals surface area contributed by atoms with Crippen molar-refractivity contribution in [3.05, 3.63) is 29.3 Å². The summed E-state index contributed by atoms with van der Waals surface area (Å²) < 4.78 is 37.6. The molecular weight excluding hydrogens is 211 g/mol. The van der Waals surface area contributed by atoms with E-state index >= 15 is 0 Å². The van der Waals surface area contributed by atoms with Crippen molar-refractivity contribution in [3.8, 4) is 6.07 Å². The molecule has 0 saturated heterocycles. The molecule has 1 aromatic rings. The SMILES string of the molecule is CSc1cccc(C#N)c1C(F)(F)F. The van der Waals surface area contributed by atoms with Gasteiger partial charge in [0.2, 0.25) is 0 Å². The summed E-state index contributed by atoms with van der Waals surface area (Å²) in [5.41, 5.74) is -1.17. The Kier molecular flexibility index (Phi) is 3.06. The zero-order chi connectivity index (χ0) is 10.8. The summed E-state index contributed by atoms with van der Waals surface area (Å²) in [5.74, 6) is 0. The summed E-state index contributed by atoms with van der Waals surface area (Å²) in [7, 11) is 0. The zero-order valence-corrected chi connectivity index (χ0v) is 8.04. The Morgan fingerprint density at radius 1 is 1.36 bits per heavy atom. The molecule has 0 spiro atoms. The van der Waals surface area contributed by atoms with Gasteiger partial charge >= 0.3 is 6.18 Å². The number of nitrogens with zero attached hydrogens (tertiary/aromatic N) is 1. The van der Waals surface area contributed by atoms with E-state index < -0.39 is 11.7 Å². The normalized spacial score (nSPS) is 11.1. The van der Waals surface area contributed by atoms with Gasteiger partial charge in [-0.2, -0.15) is 18.4 Å². The Hall–Kier alpha value is -1.15. The highest BCUT2D eigenvalue weighted by atomic mass is 32.2. The number of thioether (sulfide) groups is 1. The maximum Gasteiger partial charge on any atom is 0.418 e. The molecule has 0 aliphatic carbocycles. The quantitative estimate of drug-likeness (QED) is 0.674. The van der Waals surface area contributed by atoms with Crippen LogP contribution in [0.4, 0.5) is 13.2 Å². The highest BCUT2D eigenvalue weighted by Crippen LogP contribution is 2.37. The second-order valence-corrected chi connectivity index (χ2v) is 3.34. The molecule has 0 aromatic heterocycles. The molecule has 0 aliphatic heterocycles. The Balaban J connectivity index is 3.44. The van der Waals surface area contributed by atoms with Crippen LogP contribution in [0, 0.1) is 11.3 Å².